The van der Waals surface area contributed by atoms with E-state index in [4.69, 9.17) is 4.42 Å². The van der Waals surface area contributed by atoms with E-state index in [9.17, 15) is 4.79 Å². The number of carbonyl (C=O) groups is 1. The number of carbonyl (C=O) groups excluding carboxylic acids is 1. The van der Waals surface area contributed by atoms with Crippen LogP contribution in [-0.4, -0.2) is 16.1 Å². The molecule has 1 amide bonds. The van der Waals surface area contributed by atoms with E-state index in [-0.39, 0.29) is 5.89 Å². The van der Waals surface area contributed by atoms with Crippen LogP contribution in [0, 0.1) is 6.92 Å². The Morgan fingerprint density at radius 1 is 1.38 bits per heavy atom. The molecular weight excluding hydrogens is 274 g/mol. The van der Waals surface area contributed by atoms with Crippen LogP contribution in [0.5, 0.6) is 0 Å². The van der Waals surface area contributed by atoms with Gasteiger partial charge in [0.25, 0.3) is 0 Å². The zero-order valence-electron chi connectivity index (χ0n) is 8.40. The topological polar surface area (TPSA) is 68.0 Å². The third kappa shape index (κ3) is 2.27. The predicted octanol–water partition coefficient (Wildman–Crippen LogP) is 2.39. The largest absolute Gasteiger partial charge is 0.417 e. The molecule has 1 aromatic heterocycles. The van der Waals surface area contributed by atoms with E-state index >= 15 is 0 Å². The van der Waals surface area contributed by atoms with E-state index in [0.29, 0.717) is 11.6 Å². The van der Waals surface area contributed by atoms with Gasteiger partial charge in [-0.2, -0.15) is 0 Å². The number of amides is 1. The predicted molar refractivity (Wildman–Crippen MR) is 61.1 cm³/mol. The fraction of sp³-hybridized carbons (Fsp3) is 0.100. The zero-order valence-corrected chi connectivity index (χ0v) is 9.98. The van der Waals surface area contributed by atoms with Crippen molar-refractivity contribution in [2.75, 3.05) is 5.32 Å². The maximum absolute atomic E-state index is 11.7. The van der Waals surface area contributed by atoms with Crippen molar-refractivity contribution < 1.29 is 9.21 Å². The van der Waals surface area contributed by atoms with Crippen LogP contribution >= 0.6 is 15.9 Å². The summed E-state index contributed by atoms with van der Waals surface area (Å²) in [6, 6.07) is 7.27. The van der Waals surface area contributed by atoms with Crippen LogP contribution < -0.4 is 5.32 Å². The number of aryl methyl sites for hydroxylation is 1. The molecule has 0 aliphatic rings. The molecule has 0 atom stereocenters. The van der Waals surface area contributed by atoms with Gasteiger partial charge in [0.2, 0.25) is 5.89 Å². The number of aromatic nitrogens is 2. The van der Waals surface area contributed by atoms with Crippen LogP contribution in [0.15, 0.2) is 33.2 Å². The Bertz CT molecular complexity index is 524. The zero-order chi connectivity index (χ0) is 11.5. The highest BCUT2D eigenvalue weighted by molar-refractivity contribution is 9.10. The summed E-state index contributed by atoms with van der Waals surface area (Å²) in [5.41, 5.74) is 0.656. The first-order valence-electron chi connectivity index (χ1n) is 4.53. The van der Waals surface area contributed by atoms with Crippen molar-refractivity contribution >= 4 is 27.5 Å². The molecule has 0 fully saturated rings. The number of nitrogens with zero attached hydrogens (tertiary/aromatic N) is 2. The fourth-order valence-corrected chi connectivity index (χ4v) is 1.51. The van der Waals surface area contributed by atoms with Gasteiger partial charge in [-0.3, -0.25) is 4.79 Å². The van der Waals surface area contributed by atoms with Crippen LogP contribution in [0.4, 0.5) is 5.69 Å². The second-order valence-electron chi connectivity index (χ2n) is 3.06. The Morgan fingerprint density at radius 2 is 2.12 bits per heavy atom. The summed E-state index contributed by atoms with van der Waals surface area (Å²) in [4.78, 5) is 11.7. The van der Waals surface area contributed by atoms with Crippen molar-refractivity contribution in [2.24, 2.45) is 0 Å². The van der Waals surface area contributed by atoms with Crippen molar-refractivity contribution in [3.63, 3.8) is 0 Å². The molecule has 6 heteroatoms. The normalized spacial score (nSPS) is 10.1. The lowest BCUT2D eigenvalue weighted by molar-refractivity contribution is 0.0989. The summed E-state index contributed by atoms with van der Waals surface area (Å²) in [6.45, 7) is 1.63. The minimum Gasteiger partial charge on any atom is -0.417 e. The molecule has 1 N–H and O–H groups in total. The molecule has 5 nitrogen and oxygen atoms in total. The van der Waals surface area contributed by atoms with Gasteiger partial charge in [0.15, 0.2) is 0 Å². The van der Waals surface area contributed by atoms with E-state index in [1.54, 1.807) is 13.0 Å². The smallest absolute Gasteiger partial charge is 0.313 e. The SMILES string of the molecule is Cc1nnc(C(=O)Nc2ccccc2Br)o1. The Balaban J connectivity index is 2.17. The van der Waals surface area contributed by atoms with Gasteiger partial charge in [-0.1, -0.05) is 12.1 Å². The van der Waals surface area contributed by atoms with Crippen LogP contribution in [0.25, 0.3) is 0 Å². The highest BCUT2D eigenvalue weighted by atomic mass is 79.9. The molecule has 0 aliphatic heterocycles. The lowest BCUT2D eigenvalue weighted by Gasteiger charge is -2.03. The molecule has 0 radical (unpaired) electrons. The van der Waals surface area contributed by atoms with Crippen LogP contribution in [0.2, 0.25) is 0 Å². The van der Waals surface area contributed by atoms with Gasteiger partial charge in [0.1, 0.15) is 0 Å². The minimum atomic E-state index is -0.424. The molecule has 16 heavy (non-hydrogen) atoms. The Labute approximate surface area is 100.0 Å². The molecule has 0 unspecified atom stereocenters. The van der Waals surface area contributed by atoms with Gasteiger partial charge in [-0.25, -0.2) is 0 Å². The summed E-state index contributed by atoms with van der Waals surface area (Å²) in [6.07, 6.45) is 0. The van der Waals surface area contributed by atoms with E-state index in [0.717, 1.165) is 4.47 Å². The van der Waals surface area contributed by atoms with Crippen LogP contribution in [0.3, 0.4) is 0 Å². The Hall–Kier alpha value is -1.69. The van der Waals surface area contributed by atoms with E-state index in [1.165, 1.54) is 0 Å². The minimum absolute atomic E-state index is 0.0479. The third-order valence-electron chi connectivity index (χ3n) is 1.84. The third-order valence-corrected chi connectivity index (χ3v) is 2.53. The highest BCUT2D eigenvalue weighted by Gasteiger charge is 2.14. The summed E-state index contributed by atoms with van der Waals surface area (Å²) in [5.74, 6) is -0.113. The van der Waals surface area contributed by atoms with E-state index in [2.05, 4.69) is 31.4 Å². The Morgan fingerprint density at radius 3 is 2.75 bits per heavy atom. The molecule has 2 aromatic rings. The summed E-state index contributed by atoms with van der Waals surface area (Å²) in [5, 5.41) is 9.87. The lowest BCUT2D eigenvalue weighted by atomic mass is 10.3. The molecule has 0 saturated carbocycles. The van der Waals surface area contributed by atoms with Crippen LogP contribution in [-0.2, 0) is 0 Å². The number of para-hydroxylation sites is 1. The van der Waals surface area contributed by atoms with Gasteiger partial charge in [-0.15, -0.1) is 10.2 Å². The lowest BCUT2D eigenvalue weighted by Crippen LogP contribution is -2.12. The number of halogens is 1. The molecule has 0 aliphatic carbocycles. The number of anilines is 1. The van der Waals surface area contributed by atoms with Crippen molar-refractivity contribution in [1.29, 1.82) is 0 Å². The average Bonchev–Trinajstić information content (AvgIpc) is 2.68. The van der Waals surface area contributed by atoms with Gasteiger partial charge < -0.3 is 9.73 Å². The molecule has 2 rings (SSSR count). The molecule has 0 bridgehead atoms. The first-order valence-corrected chi connectivity index (χ1v) is 5.32. The van der Waals surface area contributed by atoms with E-state index in [1.807, 2.05) is 18.2 Å². The standard InChI is InChI=1S/C10H8BrN3O2/c1-6-13-14-10(16-6)9(15)12-8-5-3-2-4-7(8)11/h2-5H,1H3,(H,12,15). The van der Waals surface area contributed by atoms with E-state index < -0.39 is 5.91 Å². The van der Waals surface area contributed by atoms with Crippen LogP contribution in [0.1, 0.15) is 16.6 Å². The fourth-order valence-electron chi connectivity index (χ4n) is 1.13. The van der Waals surface area contributed by atoms with Gasteiger partial charge in [0, 0.05) is 11.4 Å². The van der Waals surface area contributed by atoms with Gasteiger partial charge in [-0.05, 0) is 28.1 Å². The molecule has 1 heterocycles. The monoisotopic (exact) mass is 281 g/mol. The van der Waals surface area contributed by atoms with Crippen molar-refractivity contribution in [2.45, 2.75) is 6.92 Å². The van der Waals surface area contributed by atoms with Crippen molar-refractivity contribution in [3.05, 3.63) is 40.5 Å². The molecule has 1 aromatic carbocycles. The number of hydrogen-bond donors (Lipinski definition) is 1. The first kappa shape index (κ1) is 10.8. The number of hydrogen-bond acceptors (Lipinski definition) is 4. The Kier molecular flexibility index (Phi) is 3.00. The molecular formula is C10H8BrN3O2. The summed E-state index contributed by atoms with van der Waals surface area (Å²) in [7, 11) is 0. The summed E-state index contributed by atoms with van der Waals surface area (Å²) >= 11 is 3.32. The second-order valence-corrected chi connectivity index (χ2v) is 3.91. The quantitative estimate of drug-likeness (QED) is 0.918. The maximum Gasteiger partial charge on any atom is 0.313 e. The second kappa shape index (κ2) is 4.44. The number of nitrogens with one attached hydrogen (secondary N) is 1. The van der Waals surface area contributed by atoms with Crippen molar-refractivity contribution in [1.82, 2.24) is 10.2 Å². The average molecular weight is 282 g/mol. The number of rotatable bonds is 2. The van der Waals surface area contributed by atoms with Gasteiger partial charge >= 0.3 is 11.8 Å². The molecule has 82 valence electrons. The molecule has 0 saturated heterocycles. The number of benzene rings is 1. The van der Waals surface area contributed by atoms with Crippen molar-refractivity contribution in [3.8, 4) is 0 Å². The maximum atomic E-state index is 11.7. The first-order chi connectivity index (χ1) is 7.66. The highest BCUT2D eigenvalue weighted by Crippen LogP contribution is 2.21. The summed E-state index contributed by atoms with van der Waals surface area (Å²) < 4.78 is 5.80. The molecule has 0 spiro atoms. The van der Waals surface area contributed by atoms with Gasteiger partial charge in [0.05, 0.1) is 5.69 Å².